The van der Waals surface area contributed by atoms with E-state index in [0.29, 0.717) is 43.3 Å². The summed E-state index contributed by atoms with van der Waals surface area (Å²) in [5.74, 6) is -0.174. The molecular formula is C21H24FN3O4S. The number of hydrogen-bond acceptors (Lipinski definition) is 5. The highest BCUT2D eigenvalue weighted by atomic mass is 32.2. The van der Waals surface area contributed by atoms with Crippen molar-refractivity contribution in [1.82, 2.24) is 4.90 Å². The summed E-state index contributed by atoms with van der Waals surface area (Å²) in [5.41, 5.74) is 1.87. The SMILES string of the molecule is Cc1ccc2c(c1)N(S(C)(=O)=O)C[C@H](C(=O)N1CCN(c3ccccc3F)CC1)O2. The molecule has 160 valence electrons. The number of hydrogen-bond donors (Lipinski definition) is 0. The first kappa shape index (κ1) is 20.5. The second kappa shape index (κ2) is 7.79. The molecule has 7 nitrogen and oxygen atoms in total. The Morgan fingerprint density at radius 3 is 2.43 bits per heavy atom. The van der Waals surface area contributed by atoms with Crippen molar-refractivity contribution in [2.75, 3.05) is 48.2 Å². The molecule has 4 rings (SSSR count). The molecule has 2 aliphatic heterocycles. The summed E-state index contributed by atoms with van der Waals surface area (Å²) >= 11 is 0. The van der Waals surface area contributed by atoms with E-state index in [2.05, 4.69) is 0 Å². The van der Waals surface area contributed by atoms with E-state index in [0.717, 1.165) is 11.8 Å². The third kappa shape index (κ3) is 3.94. The molecule has 1 amide bonds. The number of amides is 1. The van der Waals surface area contributed by atoms with E-state index in [1.807, 2.05) is 17.9 Å². The normalized spacial score (nSPS) is 19.3. The maximum absolute atomic E-state index is 14.0. The van der Waals surface area contributed by atoms with Gasteiger partial charge in [0.25, 0.3) is 5.91 Å². The van der Waals surface area contributed by atoms with Crippen LogP contribution < -0.4 is 13.9 Å². The highest BCUT2D eigenvalue weighted by molar-refractivity contribution is 7.92. The third-order valence-electron chi connectivity index (χ3n) is 5.44. The summed E-state index contributed by atoms with van der Waals surface area (Å²) in [7, 11) is -3.57. The van der Waals surface area contributed by atoms with Gasteiger partial charge in [-0.1, -0.05) is 18.2 Å². The van der Waals surface area contributed by atoms with Crippen LogP contribution in [0, 0.1) is 12.7 Å². The van der Waals surface area contributed by atoms with Gasteiger partial charge in [-0.15, -0.1) is 0 Å². The lowest BCUT2D eigenvalue weighted by Crippen LogP contribution is -2.56. The van der Waals surface area contributed by atoms with Crippen LogP contribution in [-0.4, -0.2) is 64.3 Å². The molecule has 0 aliphatic carbocycles. The van der Waals surface area contributed by atoms with Gasteiger partial charge in [0.1, 0.15) is 11.6 Å². The average molecular weight is 434 g/mol. The van der Waals surface area contributed by atoms with Crippen molar-refractivity contribution in [1.29, 1.82) is 0 Å². The first-order valence-electron chi connectivity index (χ1n) is 9.77. The number of piperazine rings is 1. The Labute approximate surface area is 175 Å². The number of para-hydroxylation sites is 1. The van der Waals surface area contributed by atoms with Crippen LogP contribution in [0.1, 0.15) is 5.56 Å². The van der Waals surface area contributed by atoms with Gasteiger partial charge in [-0.3, -0.25) is 9.10 Å². The van der Waals surface area contributed by atoms with Crippen molar-refractivity contribution in [3.63, 3.8) is 0 Å². The molecule has 0 saturated carbocycles. The van der Waals surface area contributed by atoms with Gasteiger partial charge in [0.15, 0.2) is 6.10 Å². The van der Waals surface area contributed by atoms with E-state index in [9.17, 15) is 17.6 Å². The van der Waals surface area contributed by atoms with Crippen LogP contribution in [0.5, 0.6) is 5.75 Å². The molecule has 1 fully saturated rings. The van der Waals surface area contributed by atoms with Crippen LogP contribution in [0.4, 0.5) is 15.8 Å². The van der Waals surface area contributed by atoms with Crippen LogP contribution in [-0.2, 0) is 14.8 Å². The number of halogens is 1. The number of rotatable bonds is 3. The monoisotopic (exact) mass is 433 g/mol. The number of nitrogens with zero attached hydrogens (tertiary/aromatic N) is 3. The number of ether oxygens (including phenoxy) is 1. The van der Waals surface area contributed by atoms with Gasteiger partial charge in [0.2, 0.25) is 10.0 Å². The molecular weight excluding hydrogens is 409 g/mol. The second-order valence-electron chi connectivity index (χ2n) is 7.64. The molecule has 2 heterocycles. The Bertz CT molecular complexity index is 1070. The predicted octanol–water partition coefficient (Wildman–Crippen LogP) is 2.01. The summed E-state index contributed by atoms with van der Waals surface area (Å²) in [6.45, 7) is 3.60. The van der Waals surface area contributed by atoms with Crippen molar-refractivity contribution >= 4 is 27.3 Å². The second-order valence-corrected chi connectivity index (χ2v) is 9.54. The van der Waals surface area contributed by atoms with E-state index in [1.54, 1.807) is 35.2 Å². The molecule has 0 spiro atoms. The number of benzene rings is 2. The summed E-state index contributed by atoms with van der Waals surface area (Å²) in [6.07, 6.45) is 0.203. The number of aryl methyl sites for hydroxylation is 1. The third-order valence-corrected chi connectivity index (χ3v) is 6.59. The fraction of sp³-hybridized carbons (Fsp3) is 0.381. The van der Waals surface area contributed by atoms with Gasteiger partial charge in [-0.25, -0.2) is 12.8 Å². The number of anilines is 2. The molecule has 30 heavy (non-hydrogen) atoms. The Morgan fingerprint density at radius 2 is 1.77 bits per heavy atom. The van der Waals surface area contributed by atoms with Crippen molar-refractivity contribution in [2.45, 2.75) is 13.0 Å². The zero-order chi connectivity index (χ0) is 21.5. The Kier molecular flexibility index (Phi) is 5.31. The van der Waals surface area contributed by atoms with Crippen LogP contribution in [0.15, 0.2) is 42.5 Å². The molecule has 0 bridgehead atoms. The molecule has 2 aromatic carbocycles. The van der Waals surface area contributed by atoms with Gasteiger partial charge in [-0.05, 0) is 36.8 Å². The van der Waals surface area contributed by atoms with Crippen LogP contribution in [0.2, 0.25) is 0 Å². The minimum Gasteiger partial charge on any atom is -0.476 e. The first-order valence-corrected chi connectivity index (χ1v) is 11.6. The standard InChI is InChI=1S/C21H24FN3O4S/c1-15-7-8-19-18(13-15)25(30(2,27)28)14-20(29-19)21(26)24-11-9-23(10-12-24)17-6-4-3-5-16(17)22/h3-8,13,20H,9-12,14H2,1-2H3/t20-/m1/s1. The number of fused-ring (bicyclic) bond motifs is 1. The molecule has 1 saturated heterocycles. The van der Waals surface area contributed by atoms with Crippen LogP contribution in [0.3, 0.4) is 0 Å². The lowest BCUT2D eigenvalue weighted by molar-refractivity contribution is -0.138. The largest absolute Gasteiger partial charge is 0.476 e. The van der Waals surface area contributed by atoms with E-state index >= 15 is 0 Å². The van der Waals surface area contributed by atoms with Crippen molar-refractivity contribution in [3.05, 3.63) is 53.8 Å². The molecule has 9 heteroatoms. The van der Waals surface area contributed by atoms with E-state index in [4.69, 9.17) is 4.74 Å². The fourth-order valence-electron chi connectivity index (χ4n) is 3.88. The fourth-order valence-corrected chi connectivity index (χ4v) is 4.79. The molecule has 0 unspecified atom stereocenters. The van der Waals surface area contributed by atoms with Gasteiger partial charge in [0, 0.05) is 26.2 Å². The van der Waals surface area contributed by atoms with Gasteiger partial charge in [-0.2, -0.15) is 0 Å². The minimum atomic E-state index is -3.57. The summed E-state index contributed by atoms with van der Waals surface area (Å²) < 4.78 is 45.8. The van der Waals surface area contributed by atoms with Gasteiger partial charge in [0.05, 0.1) is 24.2 Å². The van der Waals surface area contributed by atoms with E-state index in [-0.39, 0.29) is 18.3 Å². The first-order chi connectivity index (χ1) is 14.2. The molecule has 0 N–H and O–H groups in total. The molecule has 1 atom stereocenters. The van der Waals surface area contributed by atoms with Crippen LogP contribution in [0.25, 0.3) is 0 Å². The van der Waals surface area contributed by atoms with E-state index < -0.39 is 16.1 Å². The Morgan fingerprint density at radius 1 is 1.07 bits per heavy atom. The maximum atomic E-state index is 14.0. The Balaban J connectivity index is 1.49. The summed E-state index contributed by atoms with van der Waals surface area (Å²) in [5, 5.41) is 0. The molecule has 0 radical (unpaired) electrons. The predicted molar refractivity (Wildman–Crippen MR) is 113 cm³/mol. The lowest BCUT2D eigenvalue weighted by atomic mass is 10.1. The smallest absolute Gasteiger partial charge is 0.265 e. The average Bonchev–Trinajstić information content (AvgIpc) is 2.72. The zero-order valence-corrected chi connectivity index (χ0v) is 17.7. The quantitative estimate of drug-likeness (QED) is 0.741. The van der Waals surface area contributed by atoms with E-state index in [1.165, 1.54) is 10.4 Å². The minimum absolute atomic E-state index is 0.0678. The summed E-state index contributed by atoms with van der Waals surface area (Å²) in [6, 6.07) is 11.8. The number of carbonyl (C=O) groups excluding carboxylic acids is 1. The topological polar surface area (TPSA) is 70.2 Å². The van der Waals surface area contributed by atoms with Gasteiger partial charge < -0.3 is 14.5 Å². The summed E-state index contributed by atoms with van der Waals surface area (Å²) in [4.78, 5) is 16.7. The molecule has 2 aromatic rings. The van der Waals surface area contributed by atoms with Gasteiger partial charge >= 0.3 is 0 Å². The van der Waals surface area contributed by atoms with Crippen molar-refractivity contribution in [3.8, 4) is 5.75 Å². The van der Waals surface area contributed by atoms with Crippen molar-refractivity contribution in [2.24, 2.45) is 0 Å². The molecule has 2 aliphatic rings. The van der Waals surface area contributed by atoms with Crippen molar-refractivity contribution < 1.29 is 22.3 Å². The number of carbonyl (C=O) groups is 1. The van der Waals surface area contributed by atoms with Crippen LogP contribution >= 0.6 is 0 Å². The lowest BCUT2D eigenvalue weighted by Gasteiger charge is -2.40. The maximum Gasteiger partial charge on any atom is 0.265 e. The highest BCUT2D eigenvalue weighted by Gasteiger charge is 2.38. The zero-order valence-electron chi connectivity index (χ0n) is 16.9. The number of sulfonamides is 1. The molecule has 0 aromatic heterocycles. The highest BCUT2D eigenvalue weighted by Crippen LogP contribution is 2.36. The Hall–Kier alpha value is -2.81.